The zero-order valence-corrected chi connectivity index (χ0v) is 60.4. The van der Waals surface area contributed by atoms with Gasteiger partial charge in [-0.1, -0.05) is 271 Å². The van der Waals surface area contributed by atoms with Gasteiger partial charge in [-0.2, -0.15) is 0 Å². The molecule has 0 saturated heterocycles. The normalized spacial score (nSPS) is 11.7. The molecule has 0 saturated carbocycles. The van der Waals surface area contributed by atoms with Crippen LogP contribution in [0.15, 0.2) is 264 Å². The Hall–Kier alpha value is -8.88. The summed E-state index contributed by atoms with van der Waals surface area (Å²) >= 11 is 7.59. The van der Waals surface area contributed by atoms with Crippen molar-refractivity contribution in [1.82, 2.24) is 0 Å². The van der Waals surface area contributed by atoms with E-state index in [9.17, 15) is 0 Å². The second kappa shape index (κ2) is 28.8. The molecule has 0 unspecified atom stereocenters. The van der Waals surface area contributed by atoms with Crippen LogP contribution in [0.2, 0.25) is 0 Å². The molecule has 0 bridgehead atoms. The minimum atomic E-state index is 0.490. The number of hydrogen-bond donors (Lipinski definition) is 0. The third-order valence-corrected chi connectivity index (χ3v) is 23.0. The second-order valence-corrected chi connectivity index (χ2v) is 31.3. The van der Waals surface area contributed by atoms with E-state index in [2.05, 4.69) is 308 Å². The molecular weight excluding hydrogens is 1240 g/mol. The average Bonchev–Trinajstić information content (AvgIpc) is 1.66. The van der Waals surface area contributed by atoms with E-state index in [1.165, 1.54) is 136 Å². The summed E-state index contributed by atoms with van der Waals surface area (Å²) in [5, 5.41) is 16.1. The summed E-state index contributed by atoms with van der Waals surface area (Å²) in [6.45, 7) is 26.8. The van der Waals surface area contributed by atoms with Crippen LogP contribution in [0.5, 0.6) is 0 Å². The first-order valence-electron chi connectivity index (χ1n) is 34.0. The van der Waals surface area contributed by atoms with Crippen molar-refractivity contribution in [2.24, 2.45) is 0 Å². The smallest absolute Gasteiger partial charge is 0.138 e. The summed E-state index contributed by atoms with van der Waals surface area (Å²) in [5.41, 5.74) is 12.4. The molecule has 0 amide bonds. The lowest BCUT2D eigenvalue weighted by molar-refractivity contribution is 0.657. The molecule has 0 aliphatic heterocycles. The average molecular weight is 1330 g/mol. The lowest BCUT2D eigenvalue weighted by Gasteiger charge is -2.07. The van der Waals surface area contributed by atoms with Gasteiger partial charge < -0.3 is 8.83 Å². The van der Waals surface area contributed by atoms with Crippen molar-refractivity contribution in [2.45, 2.75) is 119 Å². The Morgan fingerprint density at radius 2 is 0.594 bits per heavy atom. The maximum Gasteiger partial charge on any atom is 0.138 e. The zero-order chi connectivity index (χ0) is 66.7. The van der Waals surface area contributed by atoms with Gasteiger partial charge in [-0.3, -0.25) is 0 Å². The molecule has 0 atom stereocenters. The van der Waals surface area contributed by atoms with Crippen molar-refractivity contribution in [3.05, 3.63) is 288 Å². The Labute approximate surface area is 581 Å². The Morgan fingerprint density at radius 3 is 1.21 bits per heavy atom. The van der Waals surface area contributed by atoms with Crippen LogP contribution in [0.25, 0.3) is 125 Å². The van der Waals surface area contributed by atoms with E-state index in [4.69, 9.17) is 8.83 Å². The Morgan fingerprint density at radius 1 is 0.219 bits per heavy atom. The molecule has 6 aromatic heterocycles. The van der Waals surface area contributed by atoms with E-state index in [-0.39, 0.29) is 0 Å². The van der Waals surface area contributed by atoms with Crippen LogP contribution in [-0.2, 0) is 0 Å². The quantitative estimate of drug-likeness (QED) is 0.166. The van der Waals surface area contributed by atoms with E-state index in [0.29, 0.717) is 35.5 Å². The molecule has 6 heteroatoms. The Kier molecular flexibility index (Phi) is 19.7. The van der Waals surface area contributed by atoms with Crippen LogP contribution in [0.4, 0.5) is 0 Å². The third-order valence-electron chi connectivity index (χ3n) is 18.4. The monoisotopic (exact) mass is 1320 g/mol. The second-order valence-electron chi connectivity index (χ2n) is 27.0. The number of furan rings is 2. The maximum absolute atomic E-state index is 5.94. The Balaban J connectivity index is 0.000000104. The third kappa shape index (κ3) is 13.6. The van der Waals surface area contributed by atoms with E-state index >= 15 is 0 Å². The van der Waals surface area contributed by atoms with Crippen LogP contribution in [0.3, 0.4) is 0 Å². The van der Waals surface area contributed by atoms with Crippen LogP contribution in [0.1, 0.15) is 152 Å². The number of hydrogen-bond acceptors (Lipinski definition) is 6. The van der Waals surface area contributed by atoms with Gasteiger partial charge in [0.15, 0.2) is 0 Å². The summed E-state index contributed by atoms with van der Waals surface area (Å²) in [6, 6.07) is 91.0. The fourth-order valence-electron chi connectivity index (χ4n) is 13.0. The van der Waals surface area contributed by atoms with Crippen LogP contribution >= 0.6 is 45.3 Å². The van der Waals surface area contributed by atoms with Crippen molar-refractivity contribution in [2.75, 3.05) is 0 Å². The maximum atomic E-state index is 5.94. The first-order chi connectivity index (χ1) is 46.6. The summed E-state index contributed by atoms with van der Waals surface area (Å²) < 4.78 is 23.0. The molecule has 6 heterocycles. The molecule has 0 aliphatic rings. The van der Waals surface area contributed by atoms with Gasteiger partial charge >= 0.3 is 0 Å². The minimum Gasteiger partial charge on any atom is -0.456 e. The molecule has 0 N–H and O–H groups in total. The summed E-state index contributed by atoms with van der Waals surface area (Å²) in [6.07, 6.45) is 0. The van der Waals surface area contributed by atoms with Gasteiger partial charge in [0.1, 0.15) is 22.3 Å². The molecular formula is C90H84O2S4. The number of thiophene rings is 4. The van der Waals surface area contributed by atoms with Crippen molar-refractivity contribution < 1.29 is 8.83 Å². The van der Waals surface area contributed by atoms with Gasteiger partial charge in [0, 0.05) is 102 Å². The molecule has 18 rings (SSSR count). The van der Waals surface area contributed by atoms with Crippen LogP contribution in [0, 0.1) is 0 Å². The predicted molar refractivity (Wildman–Crippen MR) is 429 cm³/mol. The van der Waals surface area contributed by atoms with Crippen molar-refractivity contribution in [3.63, 3.8) is 0 Å². The molecule has 480 valence electrons. The largest absolute Gasteiger partial charge is 0.456 e. The standard InChI is InChI=1S/2C15H14O.4C15H14S/c1-10(2)11-7-5-8-13-12-6-3-4-9-14(12)16-15(11)13;1-10(2)11-7-8-13-12-5-3-4-6-14(12)16-15(13)9-11;1-10(2)11-7-5-8-13-12-6-3-4-9-14(12)16-15(11)13;1-10(2)11-7-5-9-14-15(11)12-6-3-4-8-13(12)16-14;1-10(2)11-7-8-15-13(9-11)12-5-3-4-6-14(12)16-15;1-10(2)11-7-8-13-12-5-3-4-6-14(12)16-15(13)9-11/h6*3-10H,1-2H3. The van der Waals surface area contributed by atoms with Gasteiger partial charge in [-0.25, -0.2) is 0 Å². The number of para-hydroxylation sites is 3. The molecule has 0 aliphatic carbocycles. The van der Waals surface area contributed by atoms with Gasteiger partial charge in [0.25, 0.3) is 0 Å². The molecule has 0 spiro atoms. The van der Waals surface area contributed by atoms with Gasteiger partial charge in [-0.05, 0) is 136 Å². The molecule has 0 fully saturated rings. The molecule has 0 radical (unpaired) electrons. The van der Waals surface area contributed by atoms with E-state index < -0.39 is 0 Å². The zero-order valence-electron chi connectivity index (χ0n) is 57.2. The van der Waals surface area contributed by atoms with Crippen molar-refractivity contribution >= 4 is 170 Å². The molecule has 12 aromatic carbocycles. The van der Waals surface area contributed by atoms with Gasteiger partial charge in [0.05, 0.1) is 0 Å². The fraction of sp³-hybridized carbons (Fsp3) is 0.200. The Bertz CT molecular complexity index is 5440. The first-order valence-corrected chi connectivity index (χ1v) is 37.3. The predicted octanol–water partition coefficient (Wildman–Crippen LogP) is 30.1. The number of fused-ring (bicyclic) bond motifs is 18. The molecule has 2 nitrogen and oxygen atoms in total. The highest BCUT2D eigenvalue weighted by Gasteiger charge is 2.16. The number of benzene rings is 12. The molecule has 96 heavy (non-hydrogen) atoms. The SMILES string of the molecule is CC(C)c1ccc2c(c1)oc1ccccc12.CC(C)c1ccc2c(c1)sc1ccccc12.CC(C)c1ccc2sc3ccccc3c2c1.CC(C)c1cccc2c1oc1ccccc12.CC(C)c1cccc2c1sc1ccccc12.CC(C)c1cccc2sc3ccccc3c12. The summed E-state index contributed by atoms with van der Waals surface area (Å²) in [7, 11) is 0. The van der Waals surface area contributed by atoms with E-state index in [1.807, 2.05) is 75.7 Å². The van der Waals surface area contributed by atoms with Gasteiger partial charge in [0.2, 0.25) is 0 Å². The molecule has 18 aromatic rings. The summed E-state index contributed by atoms with van der Waals surface area (Å²) in [5.74, 6) is 3.41. The van der Waals surface area contributed by atoms with Crippen LogP contribution < -0.4 is 0 Å². The topological polar surface area (TPSA) is 26.3 Å². The highest BCUT2D eigenvalue weighted by atomic mass is 32.1. The fourth-order valence-corrected chi connectivity index (χ4v) is 17.8. The van der Waals surface area contributed by atoms with Crippen molar-refractivity contribution in [1.29, 1.82) is 0 Å². The van der Waals surface area contributed by atoms with E-state index in [0.717, 1.165) is 22.3 Å². The number of rotatable bonds is 6. The first kappa shape index (κ1) is 65.8. The highest BCUT2D eigenvalue weighted by Crippen LogP contribution is 2.42. The lowest BCUT2D eigenvalue weighted by atomic mass is 9.97. The van der Waals surface area contributed by atoms with E-state index in [1.54, 1.807) is 0 Å². The minimum absolute atomic E-state index is 0.490. The van der Waals surface area contributed by atoms with Gasteiger partial charge in [-0.15, -0.1) is 45.3 Å². The lowest BCUT2D eigenvalue weighted by Crippen LogP contribution is -1.86. The highest BCUT2D eigenvalue weighted by molar-refractivity contribution is 7.27. The van der Waals surface area contributed by atoms with Crippen molar-refractivity contribution in [3.8, 4) is 0 Å². The van der Waals surface area contributed by atoms with Crippen LogP contribution in [-0.4, -0.2) is 0 Å². The summed E-state index contributed by atoms with van der Waals surface area (Å²) in [4.78, 5) is 0.